The minimum absolute atomic E-state index is 0. The summed E-state index contributed by atoms with van der Waals surface area (Å²) in [6.07, 6.45) is 19.8. The largest absolute Gasteiger partial charge is 1.00 e. The summed E-state index contributed by atoms with van der Waals surface area (Å²) < 4.78 is 7.86. The molecule has 2 rings (SSSR count). The summed E-state index contributed by atoms with van der Waals surface area (Å²) in [7, 11) is 0. The van der Waals surface area contributed by atoms with Crippen LogP contribution in [0.15, 0.2) is 42.7 Å². The zero-order chi connectivity index (χ0) is 24.4. The minimum Gasteiger partial charge on any atom is -1.00 e. The van der Waals surface area contributed by atoms with Crippen LogP contribution in [0.2, 0.25) is 5.02 Å². The van der Waals surface area contributed by atoms with E-state index in [1.807, 2.05) is 54.2 Å². The summed E-state index contributed by atoms with van der Waals surface area (Å²) in [5.74, 6) is 0.623. The Labute approximate surface area is 235 Å². The first-order chi connectivity index (χ1) is 16.6. The third-order valence-electron chi connectivity index (χ3n) is 6.19. The van der Waals surface area contributed by atoms with Crippen molar-refractivity contribution in [3.8, 4) is 5.75 Å². The lowest BCUT2D eigenvalue weighted by Gasteiger charge is -2.10. The number of aromatic nitrogens is 1. The second-order valence-corrected chi connectivity index (χ2v) is 9.52. The second kappa shape index (κ2) is 19.8. The first kappa shape index (κ1) is 31.7. The molecule has 1 N–H and O–H groups in total. The van der Waals surface area contributed by atoms with Crippen LogP contribution in [0.1, 0.15) is 107 Å². The summed E-state index contributed by atoms with van der Waals surface area (Å²) >= 11 is 6.41. The fourth-order valence-corrected chi connectivity index (χ4v) is 4.29. The molecule has 0 aliphatic rings. The molecule has 4 nitrogen and oxygen atoms in total. The maximum Gasteiger partial charge on any atom is 0.257 e. The molecule has 35 heavy (non-hydrogen) atoms. The molecule has 0 aliphatic heterocycles. The van der Waals surface area contributed by atoms with Crippen LogP contribution in [-0.2, 0) is 13.1 Å². The number of amides is 1. The number of halogens is 2. The number of ether oxygens (including phenoxy) is 1. The van der Waals surface area contributed by atoms with Crippen LogP contribution in [0, 0.1) is 0 Å². The van der Waals surface area contributed by atoms with Crippen molar-refractivity contribution < 1.29 is 38.1 Å². The van der Waals surface area contributed by atoms with Crippen molar-refractivity contribution in [2.75, 3.05) is 6.61 Å². The Bertz CT molecular complexity index is 847. The van der Waals surface area contributed by atoms with Crippen molar-refractivity contribution >= 4 is 17.5 Å². The molecule has 0 aliphatic carbocycles. The maximum absolute atomic E-state index is 12.4. The van der Waals surface area contributed by atoms with Gasteiger partial charge in [-0.2, -0.15) is 0 Å². The van der Waals surface area contributed by atoms with E-state index < -0.39 is 0 Å². The average Bonchev–Trinajstić information content (AvgIpc) is 2.86. The lowest BCUT2D eigenvalue weighted by molar-refractivity contribution is -0.693. The Morgan fingerprint density at radius 1 is 0.914 bits per heavy atom. The summed E-state index contributed by atoms with van der Waals surface area (Å²) in [5.41, 5.74) is 1.60. The van der Waals surface area contributed by atoms with Gasteiger partial charge in [0.2, 0.25) is 0 Å². The smallest absolute Gasteiger partial charge is 0.257 e. The molecular weight excluding hydrogens is 571 g/mol. The van der Waals surface area contributed by atoms with Gasteiger partial charge in [0.05, 0.1) is 11.6 Å². The molecule has 0 spiro atoms. The van der Waals surface area contributed by atoms with E-state index in [1.165, 1.54) is 70.6 Å². The van der Waals surface area contributed by atoms with Gasteiger partial charge < -0.3 is 34.0 Å². The Kier molecular flexibility index (Phi) is 17.9. The van der Waals surface area contributed by atoms with Gasteiger partial charge in [-0.15, -0.1) is 0 Å². The standard InChI is InChI=1S/C29H43ClN2O2.HI/c1-3-5-6-7-8-9-10-11-12-13-14-15-21-34-28-19-18-25(22-27(28)30)23-31-29(33)26-17-16-20-32(4-2)24-26;/h16-20,22,24H,3-15,21,23H2,1-2H3;1H. The van der Waals surface area contributed by atoms with Gasteiger partial charge >= 0.3 is 0 Å². The van der Waals surface area contributed by atoms with Gasteiger partial charge in [-0.25, -0.2) is 4.57 Å². The van der Waals surface area contributed by atoms with Crippen molar-refractivity contribution in [3.05, 3.63) is 58.9 Å². The highest BCUT2D eigenvalue weighted by atomic mass is 127. The number of unbranched alkanes of at least 4 members (excludes halogenated alkanes) is 11. The molecule has 1 aromatic heterocycles. The maximum atomic E-state index is 12.4. The van der Waals surface area contributed by atoms with Crippen molar-refractivity contribution in [2.24, 2.45) is 0 Å². The van der Waals surface area contributed by atoms with E-state index in [9.17, 15) is 4.79 Å². The van der Waals surface area contributed by atoms with Gasteiger partial charge in [0.25, 0.3) is 5.91 Å². The van der Waals surface area contributed by atoms with Crippen LogP contribution < -0.4 is 38.6 Å². The second-order valence-electron chi connectivity index (χ2n) is 9.11. The monoisotopic (exact) mass is 614 g/mol. The van der Waals surface area contributed by atoms with Crippen molar-refractivity contribution in [1.29, 1.82) is 0 Å². The highest BCUT2D eigenvalue weighted by Gasteiger charge is 2.10. The van der Waals surface area contributed by atoms with Crippen LogP contribution in [0.25, 0.3) is 0 Å². The van der Waals surface area contributed by atoms with Crippen LogP contribution in [0.4, 0.5) is 0 Å². The van der Waals surface area contributed by atoms with Crippen LogP contribution in [0.5, 0.6) is 5.75 Å². The molecule has 0 saturated heterocycles. The van der Waals surface area contributed by atoms with Gasteiger partial charge in [-0.3, -0.25) is 4.79 Å². The number of nitrogens with zero attached hydrogens (tertiary/aromatic N) is 1. The summed E-state index contributed by atoms with van der Waals surface area (Å²) in [4.78, 5) is 12.4. The Morgan fingerprint density at radius 2 is 1.54 bits per heavy atom. The molecule has 0 unspecified atom stereocenters. The molecule has 6 heteroatoms. The molecule has 0 atom stereocenters. The fraction of sp³-hybridized carbons (Fsp3) is 0.586. The van der Waals surface area contributed by atoms with E-state index in [0.29, 0.717) is 29.5 Å². The molecular formula is C29H44ClIN2O2. The Hall–Kier alpha value is -1.34. The minimum atomic E-state index is -0.0915. The Balaban J connectivity index is 0.00000612. The third-order valence-corrected chi connectivity index (χ3v) is 6.49. The summed E-state index contributed by atoms with van der Waals surface area (Å²) in [5, 5.41) is 3.55. The van der Waals surface area contributed by atoms with E-state index in [2.05, 4.69) is 12.2 Å². The summed E-state index contributed by atoms with van der Waals surface area (Å²) in [6, 6.07) is 9.44. The lowest BCUT2D eigenvalue weighted by atomic mass is 10.1. The normalized spacial score (nSPS) is 10.6. The van der Waals surface area contributed by atoms with E-state index in [0.717, 1.165) is 18.5 Å². The zero-order valence-corrected chi connectivity index (χ0v) is 24.6. The first-order valence-corrected chi connectivity index (χ1v) is 13.7. The van der Waals surface area contributed by atoms with E-state index in [4.69, 9.17) is 16.3 Å². The number of rotatable bonds is 18. The first-order valence-electron chi connectivity index (χ1n) is 13.3. The van der Waals surface area contributed by atoms with Gasteiger partial charge in [0.1, 0.15) is 17.9 Å². The van der Waals surface area contributed by atoms with Crippen LogP contribution in [0.3, 0.4) is 0 Å². The van der Waals surface area contributed by atoms with E-state index in [-0.39, 0.29) is 29.9 Å². The predicted molar refractivity (Wildman–Crippen MR) is 142 cm³/mol. The number of pyridine rings is 1. The van der Waals surface area contributed by atoms with Gasteiger partial charge in [-0.1, -0.05) is 95.2 Å². The molecule has 0 bridgehead atoms. The van der Waals surface area contributed by atoms with Gasteiger partial charge in [-0.05, 0) is 37.1 Å². The van der Waals surface area contributed by atoms with Gasteiger partial charge in [0.15, 0.2) is 12.4 Å². The topological polar surface area (TPSA) is 42.2 Å². The average molecular weight is 615 g/mol. The highest BCUT2D eigenvalue weighted by molar-refractivity contribution is 6.32. The number of hydrogen-bond donors (Lipinski definition) is 1. The zero-order valence-electron chi connectivity index (χ0n) is 21.7. The number of hydrogen-bond acceptors (Lipinski definition) is 2. The fourth-order valence-electron chi connectivity index (χ4n) is 4.03. The molecule has 0 saturated carbocycles. The lowest BCUT2D eigenvalue weighted by Crippen LogP contribution is -3.00. The van der Waals surface area contributed by atoms with Crippen molar-refractivity contribution in [3.63, 3.8) is 0 Å². The van der Waals surface area contributed by atoms with Gasteiger partial charge in [0, 0.05) is 12.6 Å². The number of aryl methyl sites for hydroxylation is 1. The number of carbonyl (C=O) groups is 1. The molecule has 196 valence electrons. The molecule has 1 heterocycles. The molecule has 1 amide bonds. The Morgan fingerprint density at radius 3 is 2.14 bits per heavy atom. The van der Waals surface area contributed by atoms with Crippen molar-refractivity contribution in [1.82, 2.24) is 5.32 Å². The molecule has 0 radical (unpaired) electrons. The number of nitrogens with one attached hydrogen (secondary N) is 1. The van der Waals surface area contributed by atoms with Crippen LogP contribution >= 0.6 is 11.6 Å². The quantitative estimate of drug-likeness (QED) is 0.151. The predicted octanol–water partition coefficient (Wildman–Crippen LogP) is 4.66. The number of benzene rings is 1. The van der Waals surface area contributed by atoms with Crippen LogP contribution in [-0.4, -0.2) is 12.5 Å². The van der Waals surface area contributed by atoms with E-state index >= 15 is 0 Å². The summed E-state index contributed by atoms with van der Waals surface area (Å²) in [6.45, 7) is 6.27. The highest BCUT2D eigenvalue weighted by Crippen LogP contribution is 2.26. The molecule has 1 aromatic carbocycles. The third kappa shape index (κ3) is 13.5. The molecule has 0 fully saturated rings. The SMILES string of the molecule is CCCCCCCCCCCCCCOc1ccc(CNC(=O)c2ccc[n+](CC)c2)cc1Cl.[I-]. The van der Waals surface area contributed by atoms with E-state index in [1.54, 1.807) is 0 Å². The molecule has 2 aromatic rings. The number of carbonyl (C=O) groups excluding carboxylic acids is 1. The van der Waals surface area contributed by atoms with Crippen molar-refractivity contribution in [2.45, 2.75) is 104 Å².